The average Bonchev–Trinajstić information content (AvgIpc) is 3.26. The van der Waals surface area contributed by atoms with Crippen LogP contribution in [0.15, 0.2) is 41.6 Å². The quantitative estimate of drug-likeness (QED) is 0.338. The number of hydrogen-bond acceptors (Lipinski definition) is 8. The van der Waals surface area contributed by atoms with Gasteiger partial charge in [-0.2, -0.15) is 0 Å². The van der Waals surface area contributed by atoms with Crippen LogP contribution in [-0.2, 0) is 20.8 Å². The predicted octanol–water partition coefficient (Wildman–Crippen LogP) is 4.58. The second kappa shape index (κ2) is 11.4. The van der Waals surface area contributed by atoms with E-state index in [1.54, 1.807) is 18.2 Å². The molecule has 9 nitrogen and oxygen atoms in total. The molecule has 0 fully saturated rings. The monoisotopic (exact) mass is 522 g/mol. The highest BCUT2D eigenvalue weighted by atomic mass is 35.5. The number of methoxy groups -OCH3 is 2. The molecule has 3 rings (SSSR count). The zero-order valence-corrected chi connectivity index (χ0v) is 20.8. The molecular formula is C22H20Cl2N4O5S. The summed E-state index contributed by atoms with van der Waals surface area (Å²) in [6.07, 6.45) is 0. The van der Waals surface area contributed by atoms with E-state index in [0.717, 1.165) is 5.56 Å². The van der Waals surface area contributed by atoms with Crippen LogP contribution in [0.1, 0.15) is 27.6 Å². The fourth-order valence-corrected chi connectivity index (χ4v) is 4.13. The van der Waals surface area contributed by atoms with Crippen molar-refractivity contribution in [2.45, 2.75) is 18.6 Å². The lowest BCUT2D eigenvalue weighted by Crippen LogP contribution is -2.16. The van der Waals surface area contributed by atoms with Crippen molar-refractivity contribution in [1.82, 2.24) is 14.8 Å². The van der Waals surface area contributed by atoms with E-state index in [2.05, 4.69) is 15.5 Å². The summed E-state index contributed by atoms with van der Waals surface area (Å²) in [6, 6.07) is 9.33. The van der Waals surface area contributed by atoms with Crippen LogP contribution in [-0.4, -0.2) is 52.6 Å². The molecule has 0 saturated carbocycles. The summed E-state index contributed by atoms with van der Waals surface area (Å²) in [5.74, 6) is -1.07. The normalized spacial score (nSPS) is 10.6. The molecule has 1 heterocycles. The van der Waals surface area contributed by atoms with Crippen LogP contribution in [0.5, 0.6) is 0 Å². The fourth-order valence-electron chi connectivity index (χ4n) is 3.03. The number of nitrogens with one attached hydrogen (secondary N) is 1. The number of anilines is 1. The van der Waals surface area contributed by atoms with Crippen LogP contribution in [0.25, 0.3) is 11.4 Å². The van der Waals surface area contributed by atoms with E-state index in [1.807, 2.05) is 11.5 Å². The Bertz CT molecular complexity index is 1210. The first kappa shape index (κ1) is 25.5. The lowest BCUT2D eigenvalue weighted by molar-refractivity contribution is -0.113. The molecule has 0 unspecified atom stereocenters. The van der Waals surface area contributed by atoms with Crippen LogP contribution < -0.4 is 5.32 Å². The second-order valence-corrected chi connectivity index (χ2v) is 8.56. The van der Waals surface area contributed by atoms with Gasteiger partial charge in [0, 0.05) is 17.8 Å². The number of rotatable bonds is 8. The molecule has 3 aromatic rings. The molecule has 0 bridgehead atoms. The van der Waals surface area contributed by atoms with Gasteiger partial charge in [0.25, 0.3) is 0 Å². The molecule has 0 spiro atoms. The van der Waals surface area contributed by atoms with Crippen molar-refractivity contribution < 1.29 is 23.9 Å². The summed E-state index contributed by atoms with van der Waals surface area (Å²) >= 11 is 13.3. The third-order valence-electron chi connectivity index (χ3n) is 4.60. The molecule has 34 heavy (non-hydrogen) atoms. The minimum atomic E-state index is -0.651. The zero-order chi connectivity index (χ0) is 24.8. The van der Waals surface area contributed by atoms with Gasteiger partial charge < -0.3 is 19.4 Å². The molecule has 0 atom stereocenters. The van der Waals surface area contributed by atoms with Crippen molar-refractivity contribution in [3.05, 3.63) is 57.6 Å². The number of carbonyl (C=O) groups excluding carboxylic acids is 3. The van der Waals surface area contributed by atoms with Crippen molar-refractivity contribution in [1.29, 1.82) is 0 Å². The topological polar surface area (TPSA) is 112 Å². The highest BCUT2D eigenvalue weighted by molar-refractivity contribution is 7.99. The number of hydrogen-bond donors (Lipinski definition) is 1. The molecule has 0 aliphatic rings. The molecule has 0 aliphatic heterocycles. The van der Waals surface area contributed by atoms with E-state index in [9.17, 15) is 14.4 Å². The minimum Gasteiger partial charge on any atom is -0.465 e. The van der Waals surface area contributed by atoms with Crippen LogP contribution in [0.4, 0.5) is 5.69 Å². The van der Waals surface area contributed by atoms with Crippen molar-refractivity contribution in [2.75, 3.05) is 25.3 Å². The molecule has 1 aromatic heterocycles. The summed E-state index contributed by atoms with van der Waals surface area (Å²) in [5.41, 5.74) is 1.20. The highest BCUT2D eigenvalue weighted by Gasteiger charge is 2.17. The number of benzene rings is 2. The Morgan fingerprint density at radius 1 is 0.971 bits per heavy atom. The van der Waals surface area contributed by atoms with Crippen molar-refractivity contribution in [3.63, 3.8) is 0 Å². The van der Waals surface area contributed by atoms with Gasteiger partial charge in [-0.05, 0) is 43.3 Å². The number of nitrogens with zero attached hydrogens (tertiary/aromatic N) is 3. The highest BCUT2D eigenvalue weighted by Crippen LogP contribution is 2.29. The van der Waals surface area contributed by atoms with E-state index in [4.69, 9.17) is 32.7 Å². The summed E-state index contributed by atoms with van der Waals surface area (Å²) in [6.45, 7) is 2.50. The lowest BCUT2D eigenvalue weighted by atomic mass is 10.1. The molecule has 178 valence electrons. The Morgan fingerprint density at radius 2 is 1.62 bits per heavy atom. The first-order chi connectivity index (χ1) is 16.3. The molecule has 1 N–H and O–H groups in total. The SMILES string of the molecule is CCn1c(SCC(=O)Nc2cc(C(=O)OC)cc(C(=O)OC)c2)nnc1-c1ccc(Cl)c(Cl)c1. The standard InChI is InChI=1S/C22H20Cl2N4O5S/c1-4-28-19(12-5-6-16(23)17(24)10-12)26-27-22(28)34-11-18(29)25-15-8-13(20(30)32-2)7-14(9-15)21(31)33-3/h5-10H,4,11H2,1-3H3,(H,25,29). The molecule has 0 saturated heterocycles. The largest absolute Gasteiger partial charge is 0.465 e. The van der Waals surface area contributed by atoms with Crippen molar-refractivity contribution >= 4 is 58.5 Å². The van der Waals surface area contributed by atoms with Crippen molar-refractivity contribution in [3.8, 4) is 11.4 Å². The first-order valence-corrected chi connectivity index (χ1v) is 11.6. The maximum absolute atomic E-state index is 12.6. The Morgan fingerprint density at radius 3 is 2.18 bits per heavy atom. The summed E-state index contributed by atoms with van der Waals surface area (Å²) in [7, 11) is 2.44. The van der Waals surface area contributed by atoms with Gasteiger partial charge in [0.05, 0.1) is 41.1 Å². The van der Waals surface area contributed by atoms with Crippen LogP contribution >= 0.6 is 35.0 Å². The molecule has 1 amide bonds. The van der Waals surface area contributed by atoms with Gasteiger partial charge in [-0.15, -0.1) is 10.2 Å². The molecule has 0 aliphatic carbocycles. The number of amides is 1. The van der Waals surface area contributed by atoms with Gasteiger partial charge in [0.15, 0.2) is 11.0 Å². The van der Waals surface area contributed by atoms with E-state index in [1.165, 1.54) is 44.2 Å². The Hall–Kier alpha value is -3.08. The number of carbonyl (C=O) groups is 3. The van der Waals surface area contributed by atoms with Crippen LogP contribution in [0.2, 0.25) is 10.0 Å². The van der Waals surface area contributed by atoms with E-state index >= 15 is 0 Å². The summed E-state index contributed by atoms with van der Waals surface area (Å²) < 4.78 is 11.3. The number of ether oxygens (including phenoxy) is 2. The number of aromatic nitrogens is 3. The molecule has 0 radical (unpaired) electrons. The summed E-state index contributed by atoms with van der Waals surface area (Å²) in [4.78, 5) is 36.5. The molecule has 12 heteroatoms. The van der Waals surface area contributed by atoms with Gasteiger partial charge in [0.2, 0.25) is 5.91 Å². The Balaban J connectivity index is 1.75. The third-order valence-corrected chi connectivity index (χ3v) is 6.31. The number of esters is 2. The number of thioether (sulfide) groups is 1. The number of halogens is 2. The smallest absolute Gasteiger partial charge is 0.337 e. The fraction of sp³-hybridized carbons (Fsp3) is 0.227. The van der Waals surface area contributed by atoms with Crippen LogP contribution in [0, 0.1) is 0 Å². The van der Waals surface area contributed by atoms with Gasteiger partial charge >= 0.3 is 11.9 Å². The third kappa shape index (κ3) is 5.88. The van der Waals surface area contributed by atoms with Crippen molar-refractivity contribution in [2.24, 2.45) is 0 Å². The van der Waals surface area contributed by atoms with Gasteiger partial charge in [-0.3, -0.25) is 4.79 Å². The van der Waals surface area contributed by atoms with Crippen LogP contribution in [0.3, 0.4) is 0 Å². The van der Waals surface area contributed by atoms with Gasteiger partial charge in [0.1, 0.15) is 0 Å². The first-order valence-electron chi connectivity index (χ1n) is 9.90. The van der Waals surface area contributed by atoms with E-state index < -0.39 is 11.9 Å². The minimum absolute atomic E-state index is 0.00944. The average molecular weight is 523 g/mol. The summed E-state index contributed by atoms with van der Waals surface area (Å²) in [5, 5.41) is 12.5. The predicted molar refractivity (Wildman–Crippen MR) is 130 cm³/mol. The van der Waals surface area contributed by atoms with Gasteiger partial charge in [-0.25, -0.2) is 9.59 Å². The lowest BCUT2D eigenvalue weighted by Gasteiger charge is -2.10. The second-order valence-electron chi connectivity index (χ2n) is 6.80. The zero-order valence-electron chi connectivity index (χ0n) is 18.4. The van der Waals surface area contributed by atoms with E-state index in [-0.39, 0.29) is 28.5 Å². The maximum atomic E-state index is 12.6. The molecule has 2 aromatic carbocycles. The maximum Gasteiger partial charge on any atom is 0.337 e. The Kier molecular flexibility index (Phi) is 8.54. The van der Waals surface area contributed by atoms with Gasteiger partial charge in [-0.1, -0.05) is 35.0 Å². The molecular weight excluding hydrogens is 503 g/mol. The Labute approximate surface area is 209 Å². The van der Waals surface area contributed by atoms with E-state index in [0.29, 0.717) is 27.6 Å².